The molecule has 3 aliphatic rings. The Bertz CT molecular complexity index is 1900. The molecule has 2 fully saturated rings. The molecule has 3 amide bonds. The highest BCUT2D eigenvalue weighted by atomic mass is 32.1. The van der Waals surface area contributed by atoms with Crippen LogP contribution < -0.4 is 25.7 Å². The van der Waals surface area contributed by atoms with Crippen molar-refractivity contribution < 1.29 is 28.3 Å². The first kappa shape index (κ1) is 33.5. The second-order valence-electron chi connectivity index (χ2n) is 13.3. The van der Waals surface area contributed by atoms with Gasteiger partial charge in [-0.1, -0.05) is 66.7 Å². The normalized spacial score (nSPS) is 26.1. The summed E-state index contributed by atoms with van der Waals surface area (Å²) in [5, 5.41) is 6.74. The summed E-state index contributed by atoms with van der Waals surface area (Å²) < 4.78 is 21.5. The lowest BCUT2D eigenvalue weighted by Gasteiger charge is -2.30. The molecule has 50 heavy (non-hydrogen) atoms. The van der Waals surface area contributed by atoms with Gasteiger partial charge in [-0.2, -0.15) is 5.48 Å². The number of rotatable bonds is 7. The maximum atomic E-state index is 14.5. The van der Waals surface area contributed by atoms with Crippen molar-refractivity contribution in [1.29, 1.82) is 0 Å². The van der Waals surface area contributed by atoms with Gasteiger partial charge >= 0.3 is 0 Å². The lowest BCUT2D eigenvalue weighted by atomic mass is 10.0. The number of hydrogen-bond acceptors (Lipinski definition) is 8. The van der Waals surface area contributed by atoms with E-state index in [1.54, 1.807) is 41.3 Å². The van der Waals surface area contributed by atoms with Gasteiger partial charge in [0.15, 0.2) is 5.75 Å². The van der Waals surface area contributed by atoms with Gasteiger partial charge in [-0.15, -0.1) is 0 Å². The van der Waals surface area contributed by atoms with Crippen LogP contribution in [0.4, 0.5) is 10.1 Å². The van der Waals surface area contributed by atoms with Crippen LogP contribution in [0.2, 0.25) is 0 Å². The molecule has 3 heterocycles. The predicted octanol–water partition coefficient (Wildman–Crippen LogP) is 6.08. The summed E-state index contributed by atoms with van der Waals surface area (Å²) in [5.74, 6) is -1.39. The Morgan fingerprint density at radius 2 is 1.92 bits per heavy atom. The van der Waals surface area contributed by atoms with Crippen LogP contribution in [-0.4, -0.2) is 57.9 Å². The van der Waals surface area contributed by atoms with Crippen molar-refractivity contribution in [2.75, 3.05) is 11.9 Å². The number of carbonyl (C=O) groups is 3. The monoisotopic (exact) mass is 697 g/mol. The molecule has 12 heteroatoms. The number of hydroxylamine groups is 1. The van der Waals surface area contributed by atoms with Crippen LogP contribution in [0.3, 0.4) is 0 Å². The molecule has 5 atom stereocenters. The Morgan fingerprint density at radius 1 is 1.06 bits per heavy atom. The second kappa shape index (κ2) is 14.5. The summed E-state index contributed by atoms with van der Waals surface area (Å²) in [6, 6.07) is 19.3. The molecule has 1 saturated heterocycles. The second-order valence-corrected chi connectivity index (χ2v) is 14.3. The minimum absolute atomic E-state index is 0.146. The minimum atomic E-state index is -1.24. The van der Waals surface area contributed by atoms with Crippen LogP contribution in [0, 0.1) is 18.7 Å². The SMILES string of the molecule is Cc1ccc2nc(O[C@@H]3C[C@H]4C(=O)N[C@]5(C(=O)NOc6ccccc6)C[C@@H]5/C=C\CCCCC[C@H](Nc5cccc(F)c5)C(=O)N4C3)sc2c1. The van der Waals surface area contributed by atoms with Crippen LogP contribution in [0.15, 0.2) is 84.9 Å². The summed E-state index contributed by atoms with van der Waals surface area (Å²) in [6.45, 7) is 2.16. The Morgan fingerprint density at radius 3 is 2.76 bits per heavy atom. The number of amides is 3. The number of nitrogens with one attached hydrogen (secondary N) is 3. The van der Waals surface area contributed by atoms with Crippen LogP contribution >= 0.6 is 11.3 Å². The number of nitrogens with zero attached hydrogens (tertiary/aromatic N) is 2. The third-order valence-electron chi connectivity index (χ3n) is 9.61. The largest absolute Gasteiger partial charge is 0.465 e. The summed E-state index contributed by atoms with van der Waals surface area (Å²) in [5.41, 5.74) is 3.71. The lowest BCUT2D eigenvalue weighted by molar-refractivity contribution is -0.141. The predicted molar refractivity (Wildman–Crippen MR) is 189 cm³/mol. The van der Waals surface area contributed by atoms with E-state index in [-0.39, 0.29) is 24.8 Å². The first-order valence-electron chi connectivity index (χ1n) is 17.1. The van der Waals surface area contributed by atoms with Gasteiger partial charge in [0.25, 0.3) is 11.1 Å². The van der Waals surface area contributed by atoms with E-state index >= 15 is 0 Å². The summed E-state index contributed by atoms with van der Waals surface area (Å²) in [7, 11) is 0. The average molecular weight is 698 g/mol. The van der Waals surface area contributed by atoms with Crippen molar-refractivity contribution in [3.63, 3.8) is 0 Å². The summed E-state index contributed by atoms with van der Waals surface area (Å²) >= 11 is 1.42. The van der Waals surface area contributed by atoms with Crippen LogP contribution in [0.1, 0.15) is 50.5 Å². The number of halogens is 1. The maximum absolute atomic E-state index is 14.5. The quantitative estimate of drug-likeness (QED) is 0.158. The number of para-hydroxylation sites is 1. The van der Waals surface area contributed by atoms with Crippen LogP contribution in [-0.2, 0) is 14.4 Å². The molecule has 3 aromatic carbocycles. The van der Waals surface area contributed by atoms with E-state index in [1.807, 2.05) is 37.3 Å². The van der Waals surface area contributed by atoms with Gasteiger partial charge in [0.2, 0.25) is 11.8 Å². The molecule has 3 N–H and O–H groups in total. The molecule has 1 saturated carbocycles. The molecular formula is C38H40FN5O5S. The first-order chi connectivity index (χ1) is 24.3. The molecule has 2 aliphatic heterocycles. The summed E-state index contributed by atoms with van der Waals surface area (Å²) in [4.78, 5) is 54.2. The highest BCUT2D eigenvalue weighted by molar-refractivity contribution is 7.20. The average Bonchev–Trinajstić information content (AvgIpc) is 3.40. The number of thiazole rings is 1. The number of benzene rings is 3. The standard InChI is InChI=1S/C38H40FN5O5S/c1-24-17-18-30-33(19-24)50-37(41-30)48-29-21-32-34(45)42-38(36(47)43-49-28-14-7-5-8-15-28)22-25(38)11-6-3-2-4-9-16-31(35(46)44(32)23-29)40-27-13-10-12-26(39)20-27/h5-8,10-15,17-20,25,29,31-32,40H,2-4,9,16,21-23H2,1H3,(H,42,45)(H,43,47)/b11-6-/t25-,29+,31-,32-,38+/m0/s1. The number of carbonyl (C=O) groups excluding carboxylic acids is 3. The van der Waals surface area contributed by atoms with E-state index in [0.717, 1.165) is 41.5 Å². The van der Waals surface area contributed by atoms with E-state index in [1.165, 1.54) is 23.5 Å². The number of aryl methyl sites for hydroxylation is 1. The smallest absolute Gasteiger partial charge is 0.278 e. The number of ether oxygens (including phenoxy) is 1. The zero-order valence-electron chi connectivity index (χ0n) is 27.8. The van der Waals surface area contributed by atoms with E-state index in [0.29, 0.717) is 29.5 Å². The number of hydrogen-bond donors (Lipinski definition) is 3. The van der Waals surface area contributed by atoms with Crippen molar-refractivity contribution in [3.05, 3.63) is 96.3 Å². The molecule has 0 spiro atoms. The number of fused-ring (bicyclic) bond motifs is 3. The van der Waals surface area contributed by atoms with E-state index in [2.05, 4.69) is 27.2 Å². The fourth-order valence-electron chi connectivity index (χ4n) is 6.83. The Labute approximate surface area is 294 Å². The highest BCUT2D eigenvalue weighted by Crippen LogP contribution is 2.45. The molecule has 7 rings (SSSR count). The third-order valence-corrected chi connectivity index (χ3v) is 10.5. The molecule has 260 valence electrons. The van der Waals surface area contributed by atoms with Crippen LogP contribution in [0.5, 0.6) is 10.9 Å². The van der Waals surface area contributed by atoms with Gasteiger partial charge in [0, 0.05) is 18.0 Å². The Hall–Kier alpha value is -4.97. The third kappa shape index (κ3) is 7.45. The van der Waals surface area contributed by atoms with Crippen molar-refractivity contribution in [1.82, 2.24) is 20.7 Å². The molecular weight excluding hydrogens is 658 g/mol. The number of anilines is 1. The van der Waals surface area contributed by atoms with Gasteiger partial charge in [-0.3, -0.25) is 14.4 Å². The minimum Gasteiger partial charge on any atom is -0.465 e. The fraction of sp³-hybridized carbons (Fsp3) is 0.368. The van der Waals surface area contributed by atoms with Crippen LogP contribution in [0.25, 0.3) is 10.2 Å². The summed E-state index contributed by atoms with van der Waals surface area (Å²) in [6.07, 6.45) is 7.97. The fourth-order valence-corrected chi connectivity index (χ4v) is 7.81. The number of allylic oxidation sites excluding steroid dienone is 1. The van der Waals surface area contributed by atoms with Gasteiger partial charge in [-0.05, 0) is 80.6 Å². The molecule has 0 bridgehead atoms. The zero-order valence-corrected chi connectivity index (χ0v) is 28.6. The van der Waals surface area contributed by atoms with Gasteiger partial charge < -0.3 is 25.1 Å². The van der Waals surface area contributed by atoms with Crippen molar-refractivity contribution in [3.8, 4) is 10.9 Å². The molecule has 1 aliphatic carbocycles. The topological polar surface area (TPSA) is 122 Å². The molecule has 10 nitrogen and oxygen atoms in total. The van der Waals surface area contributed by atoms with E-state index in [4.69, 9.17) is 9.57 Å². The zero-order chi connectivity index (χ0) is 34.7. The van der Waals surface area contributed by atoms with Gasteiger partial charge in [0.05, 0.1) is 16.8 Å². The Kier molecular flexibility index (Phi) is 9.71. The van der Waals surface area contributed by atoms with Gasteiger partial charge in [-0.25, -0.2) is 9.37 Å². The molecule has 4 aromatic rings. The maximum Gasteiger partial charge on any atom is 0.278 e. The Balaban J connectivity index is 1.16. The van der Waals surface area contributed by atoms with Gasteiger partial charge in [0.1, 0.15) is 29.5 Å². The molecule has 0 radical (unpaired) electrons. The lowest BCUT2D eigenvalue weighted by Crippen LogP contribution is -2.57. The van der Waals surface area contributed by atoms with Crippen molar-refractivity contribution in [2.45, 2.75) is 75.6 Å². The number of aromatic nitrogens is 1. The van der Waals surface area contributed by atoms with E-state index in [9.17, 15) is 18.8 Å². The van der Waals surface area contributed by atoms with E-state index < -0.39 is 41.4 Å². The molecule has 0 unspecified atom stereocenters. The van der Waals surface area contributed by atoms with Crippen molar-refractivity contribution >= 4 is 45.0 Å². The highest BCUT2D eigenvalue weighted by Gasteiger charge is 2.61. The molecule has 1 aromatic heterocycles. The first-order valence-corrected chi connectivity index (χ1v) is 18.0. The van der Waals surface area contributed by atoms with Crippen molar-refractivity contribution in [2.24, 2.45) is 5.92 Å².